The van der Waals surface area contributed by atoms with Crippen molar-refractivity contribution < 1.29 is 19.3 Å². The lowest BCUT2D eigenvalue weighted by Gasteiger charge is -2.31. The molecule has 36 heavy (non-hydrogen) atoms. The summed E-state index contributed by atoms with van der Waals surface area (Å²) in [5.41, 5.74) is 3.27. The van der Waals surface area contributed by atoms with Gasteiger partial charge in [-0.25, -0.2) is 0 Å². The SMILES string of the molecule is CCCCCCC[C@@H](OCc1ccccc1)[C@@H](OCc1ccccc1)[C@H](O)COCc1ccccc1. The zero-order chi connectivity index (χ0) is 25.3. The summed E-state index contributed by atoms with van der Waals surface area (Å²) in [4.78, 5) is 0. The number of benzene rings is 3. The summed E-state index contributed by atoms with van der Waals surface area (Å²) < 4.78 is 18.7. The lowest BCUT2D eigenvalue weighted by atomic mass is 10.0. The van der Waals surface area contributed by atoms with Gasteiger partial charge in [-0.15, -0.1) is 0 Å². The van der Waals surface area contributed by atoms with Crippen molar-refractivity contribution in [1.82, 2.24) is 0 Å². The second-order valence-corrected chi connectivity index (χ2v) is 9.37. The predicted octanol–water partition coefficient (Wildman–Crippen LogP) is 7.10. The van der Waals surface area contributed by atoms with Crippen LogP contribution in [0.15, 0.2) is 91.0 Å². The average Bonchev–Trinajstić information content (AvgIpc) is 2.93. The Morgan fingerprint density at radius 2 is 1.11 bits per heavy atom. The van der Waals surface area contributed by atoms with E-state index in [0.717, 1.165) is 36.0 Å². The molecule has 194 valence electrons. The maximum atomic E-state index is 11.2. The van der Waals surface area contributed by atoms with Crippen molar-refractivity contribution >= 4 is 0 Å². The first-order valence-corrected chi connectivity index (χ1v) is 13.4. The second-order valence-electron chi connectivity index (χ2n) is 9.37. The molecule has 1 N–H and O–H groups in total. The molecule has 0 saturated heterocycles. The Kier molecular flexibility index (Phi) is 13.3. The molecule has 0 spiro atoms. The molecule has 0 fully saturated rings. The molecule has 0 aromatic heterocycles. The van der Waals surface area contributed by atoms with E-state index in [1.807, 2.05) is 78.9 Å². The number of ether oxygens (including phenoxy) is 3. The monoisotopic (exact) mass is 490 g/mol. The summed E-state index contributed by atoms with van der Waals surface area (Å²) in [6.45, 7) is 3.78. The third-order valence-electron chi connectivity index (χ3n) is 6.33. The van der Waals surface area contributed by atoms with Crippen LogP contribution in [0.2, 0.25) is 0 Å². The smallest absolute Gasteiger partial charge is 0.112 e. The van der Waals surface area contributed by atoms with Gasteiger partial charge in [0.15, 0.2) is 0 Å². The Labute approximate surface area is 217 Å². The van der Waals surface area contributed by atoms with Crippen LogP contribution >= 0.6 is 0 Å². The van der Waals surface area contributed by atoms with Gasteiger partial charge in [-0.3, -0.25) is 0 Å². The van der Waals surface area contributed by atoms with Crippen molar-refractivity contribution in [3.8, 4) is 0 Å². The highest BCUT2D eigenvalue weighted by atomic mass is 16.6. The van der Waals surface area contributed by atoms with E-state index in [-0.39, 0.29) is 12.7 Å². The minimum absolute atomic E-state index is 0.190. The highest BCUT2D eigenvalue weighted by Crippen LogP contribution is 2.21. The summed E-state index contributed by atoms with van der Waals surface area (Å²) >= 11 is 0. The van der Waals surface area contributed by atoms with E-state index in [1.54, 1.807) is 0 Å². The maximum absolute atomic E-state index is 11.2. The van der Waals surface area contributed by atoms with E-state index < -0.39 is 12.2 Å². The zero-order valence-corrected chi connectivity index (χ0v) is 21.6. The topological polar surface area (TPSA) is 47.9 Å². The molecule has 3 aromatic rings. The van der Waals surface area contributed by atoms with Crippen LogP contribution in [0.4, 0.5) is 0 Å². The number of aliphatic hydroxyl groups is 1. The summed E-state index contributed by atoms with van der Waals surface area (Å²) in [5.74, 6) is 0. The molecule has 4 heteroatoms. The van der Waals surface area contributed by atoms with Gasteiger partial charge in [-0.1, -0.05) is 130 Å². The molecular weight excluding hydrogens is 448 g/mol. The first kappa shape index (κ1) is 28.1. The fraction of sp³-hybridized carbons (Fsp3) is 0.438. The van der Waals surface area contributed by atoms with Crippen LogP contribution in [-0.4, -0.2) is 30.0 Å². The summed E-state index contributed by atoms with van der Waals surface area (Å²) in [5, 5.41) is 11.2. The lowest BCUT2D eigenvalue weighted by Crippen LogP contribution is -2.43. The Balaban J connectivity index is 1.67. The van der Waals surface area contributed by atoms with Crippen molar-refractivity contribution in [3.63, 3.8) is 0 Å². The molecule has 0 radical (unpaired) electrons. The highest BCUT2D eigenvalue weighted by Gasteiger charge is 2.30. The molecule has 0 bridgehead atoms. The van der Waals surface area contributed by atoms with Crippen LogP contribution < -0.4 is 0 Å². The molecule has 0 unspecified atom stereocenters. The van der Waals surface area contributed by atoms with Gasteiger partial charge in [-0.2, -0.15) is 0 Å². The number of hydrogen-bond donors (Lipinski definition) is 1. The van der Waals surface area contributed by atoms with E-state index in [4.69, 9.17) is 14.2 Å². The van der Waals surface area contributed by atoms with Gasteiger partial charge in [0.05, 0.1) is 32.5 Å². The third-order valence-corrected chi connectivity index (χ3v) is 6.33. The van der Waals surface area contributed by atoms with Crippen molar-refractivity contribution in [1.29, 1.82) is 0 Å². The predicted molar refractivity (Wildman–Crippen MR) is 146 cm³/mol. The molecule has 0 aliphatic carbocycles. The Morgan fingerprint density at radius 3 is 1.67 bits per heavy atom. The summed E-state index contributed by atoms with van der Waals surface area (Å²) in [6.07, 6.45) is 5.21. The number of rotatable bonds is 18. The number of aliphatic hydroxyl groups excluding tert-OH is 1. The minimum Gasteiger partial charge on any atom is -0.388 e. The molecule has 3 aromatic carbocycles. The maximum Gasteiger partial charge on any atom is 0.112 e. The van der Waals surface area contributed by atoms with Gasteiger partial charge in [0.1, 0.15) is 12.2 Å². The van der Waals surface area contributed by atoms with Crippen molar-refractivity contribution in [2.45, 2.75) is 83.6 Å². The van der Waals surface area contributed by atoms with Crippen LogP contribution in [0.5, 0.6) is 0 Å². The molecule has 0 aliphatic rings. The minimum atomic E-state index is -0.797. The number of unbranched alkanes of at least 4 members (excludes halogenated alkanes) is 4. The van der Waals surface area contributed by atoms with E-state index in [0.29, 0.717) is 19.8 Å². The van der Waals surface area contributed by atoms with Crippen LogP contribution in [0.1, 0.15) is 62.1 Å². The van der Waals surface area contributed by atoms with E-state index in [1.165, 1.54) is 19.3 Å². The van der Waals surface area contributed by atoms with E-state index in [2.05, 4.69) is 19.1 Å². The van der Waals surface area contributed by atoms with Gasteiger partial charge in [0.25, 0.3) is 0 Å². The summed E-state index contributed by atoms with van der Waals surface area (Å²) in [6, 6.07) is 30.3. The molecule has 3 rings (SSSR count). The van der Waals surface area contributed by atoms with Gasteiger partial charge in [-0.05, 0) is 23.1 Å². The molecular formula is C32H42O4. The quantitative estimate of drug-likeness (QED) is 0.193. The zero-order valence-electron chi connectivity index (χ0n) is 21.6. The molecule has 0 aliphatic heterocycles. The molecule has 0 saturated carbocycles. The molecule has 0 heterocycles. The average molecular weight is 491 g/mol. The first-order chi connectivity index (χ1) is 17.8. The standard InChI is InChI=1S/C32H42O4/c1-2-3-4-5-15-22-31(35-24-28-18-11-7-12-19-28)32(36-25-29-20-13-8-14-21-29)30(33)26-34-23-27-16-9-6-10-17-27/h6-14,16-21,30-33H,2-5,15,22-26H2,1H3/t30-,31-,32+/m1/s1. The Morgan fingerprint density at radius 1 is 0.611 bits per heavy atom. The number of hydrogen-bond acceptors (Lipinski definition) is 4. The Bertz CT molecular complexity index is 917. The van der Waals surface area contributed by atoms with Crippen LogP contribution in [-0.2, 0) is 34.0 Å². The lowest BCUT2D eigenvalue weighted by molar-refractivity contribution is -0.149. The van der Waals surface area contributed by atoms with Crippen LogP contribution in [0.25, 0.3) is 0 Å². The van der Waals surface area contributed by atoms with Crippen molar-refractivity contribution in [3.05, 3.63) is 108 Å². The fourth-order valence-corrected chi connectivity index (χ4v) is 4.27. The molecule has 3 atom stereocenters. The normalized spacial score (nSPS) is 13.8. The second kappa shape index (κ2) is 17.0. The molecule has 4 nitrogen and oxygen atoms in total. The van der Waals surface area contributed by atoms with Gasteiger partial charge >= 0.3 is 0 Å². The van der Waals surface area contributed by atoms with Crippen LogP contribution in [0.3, 0.4) is 0 Å². The largest absolute Gasteiger partial charge is 0.388 e. The van der Waals surface area contributed by atoms with Crippen molar-refractivity contribution in [2.24, 2.45) is 0 Å². The van der Waals surface area contributed by atoms with Gasteiger partial charge in [0.2, 0.25) is 0 Å². The highest BCUT2D eigenvalue weighted by molar-refractivity contribution is 5.15. The molecule has 0 amide bonds. The van der Waals surface area contributed by atoms with Crippen molar-refractivity contribution in [2.75, 3.05) is 6.61 Å². The van der Waals surface area contributed by atoms with Gasteiger partial charge in [0, 0.05) is 0 Å². The third kappa shape index (κ3) is 10.6. The van der Waals surface area contributed by atoms with Crippen LogP contribution in [0, 0.1) is 0 Å². The Hall–Kier alpha value is -2.50. The summed E-state index contributed by atoms with van der Waals surface area (Å²) in [7, 11) is 0. The fourth-order valence-electron chi connectivity index (χ4n) is 4.27. The van der Waals surface area contributed by atoms with E-state index >= 15 is 0 Å². The van der Waals surface area contributed by atoms with Gasteiger partial charge < -0.3 is 19.3 Å². The first-order valence-electron chi connectivity index (χ1n) is 13.4. The van der Waals surface area contributed by atoms with E-state index in [9.17, 15) is 5.11 Å².